The Labute approximate surface area is 239 Å². The van der Waals surface area contributed by atoms with E-state index in [1.54, 1.807) is 40.4 Å². The Morgan fingerprint density at radius 2 is 1.53 bits per heavy atom. The van der Waals surface area contributed by atoms with Crippen molar-refractivity contribution in [3.05, 3.63) is 35.4 Å². The molecule has 2 aromatic rings. The summed E-state index contributed by atoms with van der Waals surface area (Å²) < 4.78 is 58.2. The summed E-state index contributed by atoms with van der Waals surface area (Å²) in [7, 11) is 4.66. The molecule has 0 bridgehead atoms. The van der Waals surface area contributed by atoms with Gasteiger partial charge in [0.05, 0.1) is 51.1 Å². The largest absolute Gasteiger partial charge is 0.768 e. The van der Waals surface area contributed by atoms with Crippen molar-refractivity contribution < 1.29 is 75.0 Å². The number of ether oxygens (including phenoxy) is 6. The van der Waals surface area contributed by atoms with E-state index in [1.165, 1.54) is 0 Å². The molecule has 11 heteroatoms. The first kappa shape index (κ1) is 30.8. The molecule has 1 radical (unpaired) electrons. The third-order valence-electron chi connectivity index (χ3n) is 5.60. The fourth-order valence-corrected chi connectivity index (χ4v) is 4.53. The van der Waals surface area contributed by atoms with Gasteiger partial charge in [0.25, 0.3) is 0 Å². The predicted molar refractivity (Wildman–Crippen MR) is 128 cm³/mol. The van der Waals surface area contributed by atoms with Crippen molar-refractivity contribution in [2.45, 2.75) is 56.3 Å². The van der Waals surface area contributed by atoms with Gasteiger partial charge in [0.1, 0.15) is 6.61 Å². The summed E-state index contributed by atoms with van der Waals surface area (Å²) in [5.74, 6) is 1.96. The average Bonchev–Trinajstić information content (AvgIpc) is 3.35. The normalized spacial score (nSPS) is 18.6. The molecule has 0 amide bonds. The van der Waals surface area contributed by atoms with E-state index in [9.17, 15) is 13.9 Å². The van der Waals surface area contributed by atoms with E-state index in [-0.39, 0.29) is 67.9 Å². The van der Waals surface area contributed by atoms with Crippen molar-refractivity contribution in [3.63, 3.8) is 0 Å². The van der Waals surface area contributed by atoms with Crippen LogP contribution in [0.4, 0.5) is 0 Å². The maximum atomic E-state index is 12.1. The maximum Gasteiger partial charge on any atom is 0.203 e. The first-order chi connectivity index (χ1) is 16.8. The molecule has 1 aliphatic heterocycles. The van der Waals surface area contributed by atoms with Crippen LogP contribution in [0.15, 0.2) is 29.2 Å². The number of rotatable bonds is 12. The zero-order chi connectivity index (χ0) is 25.5. The zero-order valence-corrected chi connectivity index (χ0v) is 24.9. The maximum absolute atomic E-state index is 12.1. The summed E-state index contributed by atoms with van der Waals surface area (Å²) in [6.07, 6.45) is 0.716. The van der Waals surface area contributed by atoms with Crippen LogP contribution < -0.4 is 23.7 Å². The van der Waals surface area contributed by atoms with Gasteiger partial charge >= 0.3 is 0 Å². The Morgan fingerprint density at radius 3 is 2.00 bits per heavy atom. The van der Waals surface area contributed by atoms with E-state index in [0.717, 1.165) is 5.56 Å². The summed E-state index contributed by atoms with van der Waals surface area (Å²) >= 11 is -2.56. The fraction of sp³-hybridized carbons (Fsp3) is 0.520. The topological polar surface area (TPSA) is 116 Å². The van der Waals surface area contributed by atoms with Crippen molar-refractivity contribution in [3.8, 4) is 28.7 Å². The van der Waals surface area contributed by atoms with Gasteiger partial charge in [0.2, 0.25) is 5.75 Å². The third kappa shape index (κ3) is 7.33. The number of methoxy groups -OCH3 is 3. The summed E-state index contributed by atoms with van der Waals surface area (Å²) in [5, 5.41) is 9.68. The minimum Gasteiger partial charge on any atom is -0.768 e. The zero-order valence-electron chi connectivity index (χ0n) is 21.3. The van der Waals surface area contributed by atoms with Gasteiger partial charge in [-0.05, 0) is 72.7 Å². The van der Waals surface area contributed by atoms with Gasteiger partial charge < -0.3 is 38.1 Å². The second-order valence-electron chi connectivity index (χ2n) is 8.24. The Kier molecular flexibility index (Phi) is 12.4. The van der Waals surface area contributed by atoms with Crippen molar-refractivity contribution in [1.29, 1.82) is 0 Å². The van der Waals surface area contributed by atoms with Crippen LogP contribution in [-0.4, -0.2) is 54.5 Å². The van der Waals surface area contributed by atoms with E-state index in [2.05, 4.69) is 0 Å². The van der Waals surface area contributed by atoms with Gasteiger partial charge in [-0.3, -0.25) is 4.21 Å². The number of benzene rings is 2. The second kappa shape index (κ2) is 14.5. The molecule has 2 aromatic carbocycles. The van der Waals surface area contributed by atoms with Crippen LogP contribution in [0.1, 0.15) is 56.4 Å². The van der Waals surface area contributed by atoms with Gasteiger partial charge in [-0.1, -0.05) is 6.92 Å². The van der Waals surface area contributed by atoms with Crippen molar-refractivity contribution in [2.24, 2.45) is 0 Å². The van der Waals surface area contributed by atoms with E-state index in [1.807, 2.05) is 19.1 Å². The molecule has 0 spiro atoms. The Balaban J connectivity index is 0.00000456. The molecule has 1 saturated heterocycles. The first-order valence-corrected chi connectivity index (χ1v) is 12.6. The predicted octanol–water partition coefficient (Wildman–Crippen LogP) is 4.09. The molecule has 1 N–H and O–H groups in total. The number of aliphatic hydroxyl groups excluding tert-OH is 1. The minimum absolute atomic E-state index is 0. The number of hydrogen-bond donors (Lipinski definition) is 1. The second-order valence-corrected chi connectivity index (χ2v) is 9.15. The van der Waals surface area contributed by atoms with Crippen molar-refractivity contribution in [1.82, 2.24) is 0 Å². The first-order valence-electron chi connectivity index (χ1n) is 11.5. The van der Waals surface area contributed by atoms with Crippen LogP contribution in [0.5, 0.6) is 28.7 Å². The summed E-state index contributed by atoms with van der Waals surface area (Å²) in [6.45, 7) is 3.84. The van der Waals surface area contributed by atoms with Gasteiger partial charge in [0.15, 0.2) is 23.0 Å². The van der Waals surface area contributed by atoms with Gasteiger partial charge in [-0.25, -0.2) is 0 Å². The van der Waals surface area contributed by atoms with Crippen LogP contribution in [0.25, 0.3) is 0 Å². The fourth-order valence-electron chi connectivity index (χ4n) is 3.99. The van der Waals surface area contributed by atoms with E-state index >= 15 is 0 Å². The summed E-state index contributed by atoms with van der Waals surface area (Å²) in [5.41, 5.74) is 1.52. The van der Waals surface area contributed by atoms with Crippen LogP contribution in [0.2, 0.25) is 0 Å². The van der Waals surface area contributed by atoms with E-state index in [4.69, 9.17) is 28.4 Å². The number of hydrogen-bond acceptors (Lipinski definition) is 9. The molecule has 0 aliphatic carbocycles. The Hall–Kier alpha value is -1.43. The quantitative estimate of drug-likeness (QED) is 0.361. The molecule has 2 unspecified atom stereocenters. The smallest absolute Gasteiger partial charge is 0.203 e. The average molecular weight is 599 g/mol. The summed E-state index contributed by atoms with van der Waals surface area (Å²) in [6, 6.07) is 6.99. The standard InChI is InChI=1S/C25H34O9S.Y/c1-6-9-32-25-22(33-14-15(2)26)12-17(13-23(25)35(27)28)19-8-7-18(34-19)16-10-20(29-3)24(31-5)21(11-16)30-4;/h10-13,15,18-19,26H,6-9,14H2,1-5H3,(H,27,28);/p-1/t15?,18-,19-;/m0./s1. The molecular weight excluding hydrogens is 565 g/mol. The third-order valence-corrected chi connectivity index (χ3v) is 6.27. The molecule has 3 rings (SSSR count). The van der Waals surface area contributed by atoms with Gasteiger partial charge in [-0.15, -0.1) is 0 Å². The molecule has 0 aromatic heterocycles. The van der Waals surface area contributed by atoms with Gasteiger partial charge in [0, 0.05) is 32.7 Å². The summed E-state index contributed by atoms with van der Waals surface area (Å²) in [4.78, 5) is -0.00335. The Bertz CT molecular complexity index is 1010. The molecule has 1 fully saturated rings. The van der Waals surface area contributed by atoms with Crippen LogP contribution in [0, 0.1) is 0 Å². The molecular formula is C25H33O9SY-. The van der Waals surface area contributed by atoms with Crippen molar-refractivity contribution in [2.75, 3.05) is 34.5 Å². The van der Waals surface area contributed by atoms with E-state index < -0.39 is 17.2 Å². The monoisotopic (exact) mass is 598 g/mol. The molecule has 197 valence electrons. The van der Waals surface area contributed by atoms with Crippen LogP contribution >= 0.6 is 0 Å². The van der Waals surface area contributed by atoms with Crippen molar-refractivity contribution >= 4 is 11.1 Å². The number of aliphatic hydroxyl groups is 1. The molecule has 1 heterocycles. The van der Waals surface area contributed by atoms with Gasteiger partial charge in [-0.2, -0.15) is 0 Å². The molecule has 0 saturated carbocycles. The molecule has 1 aliphatic rings. The van der Waals surface area contributed by atoms with Crippen LogP contribution in [0.3, 0.4) is 0 Å². The minimum atomic E-state index is -2.56. The molecule has 36 heavy (non-hydrogen) atoms. The van der Waals surface area contributed by atoms with Crippen LogP contribution in [-0.2, 0) is 48.5 Å². The SMILES string of the molecule is CCCOc1c(OCC(C)O)cc([C@@H]2CC[C@@H](c3cc(OC)c(OC)c(OC)c3)O2)cc1S(=O)[O-].[Y]. The van der Waals surface area contributed by atoms with E-state index in [0.29, 0.717) is 48.7 Å². The Morgan fingerprint density at radius 1 is 0.972 bits per heavy atom. The molecule has 9 nitrogen and oxygen atoms in total. The molecule has 4 atom stereocenters.